The van der Waals surface area contributed by atoms with Gasteiger partial charge in [-0.2, -0.15) is 10.5 Å². The van der Waals surface area contributed by atoms with Crippen molar-refractivity contribution in [1.29, 1.82) is 10.5 Å². The minimum Gasteiger partial charge on any atom is -0.181 e. The number of rotatable bonds is 0. The van der Waals surface area contributed by atoms with Gasteiger partial charge in [0.25, 0.3) is 0 Å². The molecule has 0 saturated carbocycles. The van der Waals surface area contributed by atoms with Crippen molar-refractivity contribution in [2.75, 3.05) is 0 Å². The fourth-order valence-corrected chi connectivity index (χ4v) is 0. The number of hydrogen-bond donors (Lipinski definition) is 0. The largest absolute Gasteiger partial charge is 0.181 e. The van der Waals surface area contributed by atoms with E-state index in [2.05, 4.69) is 0 Å². The van der Waals surface area contributed by atoms with Gasteiger partial charge in [-0.3, -0.25) is 0 Å². The third-order valence-corrected chi connectivity index (χ3v) is 0.0500. The van der Waals surface area contributed by atoms with Crippen LogP contribution >= 0.6 is 0 Å². The van der Waals surface area contributed by atoms with Crippen LogP contribution in [0.25, 0.3) is 0 Å². The molecule has 6 heavy (non-hydrogen) atoms. The Balaban J connectivity index is -0.0000000450. The summed E-state index contributed by atoms with van der Waals surface area (Å²) in [5.74, 6) is 0. The first-order chi connectivity index (χ1) is 1.91. The van der Waals surface area contributed by atoms with Gasteiger partial charge in [0.1, 0.15) is 0 Å². The minimum absolute atomic E-state index is 0. The van der Waals surface area contributed by atoms with E-state index in [4.69, 9.17) is 10.5 Å². The van der Waals surface area contributed by atoms with Crippen molar-refractivity contribution in [2.24, 2.45) is 0 Å². The monoisotopic (exact) mass is 174 g/mol. The number of nitrogens with zero attached hydrogens (tertiary/aromatic N) is 2. The first-order valence-electron chi connectivity index (χ1n) is 0.697. The Morgan fingerprint density at radius 2 is 1.17 bits per heavy atom. The standard InChI is InChI=1S/C2N2.Ni.Zn/c3-1-2-4;;. The van der Waals surface area contributed by atoms with Crippen LogP contribution in [0.15, 0.2) is 0 Å². The summed E-state index contributed by atoms with van der Waals surface area (Å²) in [6.07, 6.45) is 0. The Morgan fingerprint density at radius 1 is 1.00 bits per heavy atom. The van der Waals surface area contributed by atoms with Gasteiger partial charge in [0.05, 0.1) is 0 Å². The van der Waals surface area contributed by atoms with Crippen molar-refractivity contribution in [2.45, 2.75) is 0 Å². The molecular weight excluding hydrogens is 176 g/mol. The molecule has 2 nitrogen and oxygen atoms in total. The second-order valence-electron chi connectivity index (χ2n) is 0.224. The van der Waals surface area contributed by atoms with Crippen LogP contribution in [0.3, 0.4) is 0 Å². The molecule has 0 aliphatic heterocycles. The Kier molecular flexibility index (Phi) is 53.6. The van der Waals surface area contributed by atoms with Crippen molar-refractivity contribution in [1.82, 2.24) is 0 Å². The molecule has 0 amide bonds. The molecular formula is C2N2NiZn. The number of nitriles is 2. The first kappa shape index (κ1) is 16.5. The van der Waals surface area contributed by atoms with Crippen LogP contribution in [0.2, 0.25) is 0 Å². The molecule has 0 aromatic carbocycles. The Hall–Kier alpha value is 0.0969. The van der Waals surface area contributed by atoms with Gasteiger partial charge in [-0.05, 0) is 0 Å². The Bertz CT molecular complexity index is 66.5. The molecule has 30 valence electrons. The molecule has 0 atom stereocenters. The summed E-state index contributed by atoms with van der Waals surface area (Å²) in [4.78, 5) is 0. The molecule has 0 spiro atoms. The van der Waals surface area contributed by atoms with Crippen LogP contribution in [0, 0.1) is 22.7 Å². The van der Waals surface area contributed by atoms with E-state index < -0.39 is 0 Å². The van der Waals surface area contributed by atoms with Crippen molar-refractivity contribution in [3.8, 4) is 12.1 Å². The summed E-state index contributed by atoms with van der Waals surface area (Å²) in [5.41, 5.74) is 0. The average Bonchev–Trinajstić information content (AvgIpc) is 1.37. The van der Waals surface area contributed by atoms with Gasteiger partial charge >= 0.3 is 0 Å². The molecule has 0 bridgehead atoms. The molecule has 0 saturated heterocycles. The normalized spacial score (nSPS) is 1.67. The van der Waals surface area contributed by atoms with Gasteiger partial charge < -0.3 is 0 Å². The van der Waals surface area contributed by atoms with Crippen LogP contribution in [-0.2, 0) is 36.0 Å². The quantitative estimate of drug-likeness (QED) is 0.489. The molecule has 0 N–H and O–H groups in total. The Morgan fingerprint density at radius 3 is 1.17 bits per heavy atom. The van der Waals surface area contributed by atoms with Gasteiger partial charge in [-0.25, -0.2) is 0 Å². The van der Waals surface area contributed by atoms with Crippen molar-refractivity contribution in [3.63, 3.8) is 0 Å². The van der Waals surface area contributed by atoms with E-state index in [-0.39, 0.29) is 36.0 Å². The zero-order valence-electron chi connectivity index (χ0n) is 2.92. The fraction of sp³-hybridized carbons (Fsp3) is 0. The van der Waals surface area contributed by atoms with Crippen LogP contribution < -0.4 is 0 Å². The third-order valence-electron chi connectivity index (χ3n) is 0.0500. The molecule has 0 aromatic rings. The van der Waals surface area contributed by atoms with E-state index in [1.165, 1.54) is 12.1 Å². The van der Waals surface area contributed by atoms with Crippen LogP contribution in [0.4, 0.5) is 0 Å². The van der Waals surface area contributed by atoms with E-state index in [9.17, 15) is 0 Å². The van der Waals surface area contributed by atoms with Gasteiger partial charge in [0, 0.05) is 36.0 Å². The molecule has 0 aromatic heterocycles. The predicted molar refractivity (Wildman–Crippen MR) is 11.2 cm³/mol. The molecule has 0 unspecified atom stereocenters. The van der Waals surface area contributed by atoms with Crippen molar-refractivity contribution < 1.29 is 36.0 Å². The number of hydrogen-bond acceptors (Lipinski definition) is 2. The summed E-state index contributed by atoms with van der Waals surface area (Å²) in [6, 6.07) is 2.47. The second kappa shape index (κ2) is 19.5. The van der Waals surface area contributed by atoms with Gasteiger partial charge in [0.15, 0.2) is 12.1 Å². The van der Waals surface area contributed by atoms with Crippen molar-refractivity contribution in [3.05, 3.63) is 0 Å². The van der Waals surface area contributed by atoms with E-state index in [0.29, 0.717) is 0 Å². The summed E-state index contributed by atoms with van der Waals surface area (Å²) < 4.78 is 0. The predicted octanol–water partition coefficient (Wildman–Crippen LogP) is 0.0286. The molecule has 0 aliphatic carbocycles. The first-order valence-corrected chi connectivity index (χ1v) is 0.697. The molecule has 0 fully saturated rings. The Labute approximate surface area is 58.8 Å². The van der Waals surface area contributed by atoms with Gasteiger partial charge in [-0.15, -0.1) is 0 Å². The maximum atomic E-state index is 7.26. The van der Waals surface area contributed by atoms with Crippen LogP contribution in [0.5, 0.6) is 0 Å². The third kappa shape index (κ3) is 32.7. The maximum absolute atomic E-state index is 7.26. The van der Waals surface area contributed by atoms with E-state index in [1.807, 2.05) is 0 Å². The zero-order valence-corrected chi connectivity index (χ0v) is 6.87. The molecule has 4 heteroatoms. The molecule has 0 aliphatic rings. The fourth-order valence-electron chi connectivity index (χ4n) is 0. The topological polar surface area (TPSA) is 47.6 Å². The molecule has 0 heterocycles. The van der Waals surface area contributed by atoms with Crippen molar-refractivity contribution >= 4 is 0 Å². The molecule has 0 rings (SSSR count). The van der Waals surface area contributed by atoms with Gasteiger partial charge in [-0.1, -0.05) is 0 Å². The maximum Gasteiger partial charge on any atom is 0.181 e. The van der Waals surface area contributed by atoms with Crippen LogP contribution in [-0.4, -0.2) is 0 Å². The summed E-state index contributed by atoms with van der Waals surface area (Å²) in [7, 11) is 0. The smallest absolute Gasteiger partial charge is 0.181 e. The van der Waals surface area contributed by atoms with E-state index in [1.54, 1.807) is 0 Å². The zero-order chi connectivity index (χ0) is 3.41. The second-order valence-corrected chi connectivity index (χ2v) is 0.224. The minimum atomic E-state index is 0. The summed E-state index contributed by atoms with van der Waals surface area (Å²) in [5, 5.41) is 14.5. The van der Waals surface area contributed by atoms with E-state index >= 15 is 0 Å². The van der Waals surface area contributed by atoms with Crippen LogP contribution in [0.1, 0.15) is 0 Å². The summed E-state index contributed by atoms with van der Waals surface area (Å²) >= 11 is 0. The SMILES string of the molecule is N#CC#N.[Ni].[Zn]. The average molecular weight is 176 g/mol. The molecule has 0 radical (unpaired) electrons. The summed E-state index contributed by atoms with van der Waals surface area (Å²) in [6.45, 7) is 0. The van der Waals surface area contributed by atoms with E-state index in [0.717, 1.165) is 0 Å². The van der Waals surface area contributed by atoms with Gasteiger partial charge in [0.2, 0.25) is 0 Å².